The van der Waals surface area contributed by atoms with Crippen LogP contribution in [0.3, 0.4) is 0 Å². The number of nitrogens with zero attached hydrogens (tertiary/aromatic N) is 2. The molecule has 0 atom stereocenters. The molecule has 1 aromatic carbocycles. The van der Waals surface area contributed by atoms with Crippen molar-refractivity contribution in [3.05, 3.63) is 34.4 Å². The molecule has 0 spiro atoms. The van der Waals surface area contributed by atoms with E-state index in [-0.39, 0.29) is 11.4 Å². The molecule has 1 N–H and O–H groups in total. The normalized spacial score (nSPS) is 16.5. The standard InChI is InChI=1S/C13H19N3O5S/c17-16(18)12-4-1-2-5-13(12)22(19,20)14-6-3-7-15-8-10-21-11-9-15/h1-2,4-5,14H,3,6-11H2. The molecular weight excluding hydrogens is 310 g/mol. The average molecular weight is 329 g/mol. The predicted octanol–water partition coefficient (Wildman–Crippen LogP) is 0.595. The lowest BCUT2D eigenvalue weighted by atomic mass is 10.3. The molecule has 0 aromatic heterocycles. The number of benzene rings is 1. The van der Waals surface area contributed by atoms with E-state index in [9.17, 15) is 18.5 Å². The van der Waals surface area contributed by atoms with Gasteiger partial charge in [0.2, 0.25) is 10.0 Å². The Morgan fingerprint density at radius 2 is 1.95 bits per heavy atom. The quantitative estimate of drug-likeness (QED) is 0.446. The summed E-state index contributed by atoms with van der Waals surface area (Å²) in [5, 5.41) is 10.9. The highest BCUT2D eigenvalue weighted by Crippen LogP contribution is 2.22. The van der Waals surface area contributed by atoms with Crippen molar-refractivity contribution < 1.29 is 18.1 Å². The predicted molar refractivity (Wildman–Crippen MR) is 80.2 cm³/mol. The minimum absolute atomic E-state index is 0.242. The first kappa shape index (κ1) is 16.8. The van der Waals surface area contributed by atoms with Gasteiger partial charge in [-0.15, -0.1) is 0 Å². The molecule has 0 amide bonds. The molecule has 22 heavy (non-hydrogen) atoms. The lowest BCUT2D eigenvalue weighted by molar-refractivity contribution is -0.387. The van der Waals surface area contributed by atoms with Gasteiger partial charge in [-0.25, -0.2) is 13.1 Å². The van der Waals surface area contributed by atoms with Gasteiger partial charge in [0, 0.05) is 25.7 Å². The van der Waals surface area contributed by atoms with Crippen molar-refractivity contribution >= 4 is 15.7 Å². The topological polar surface area (TPSA) is 102 Å². The van der Waals surface area contributed by atoms with Crippen molar-refractivity contribution in [2.45, 2.75) is 11.3 Å². The third-order valence-electron chi connectivity index (χ3n) is 3.40. The van der Waals surface area contributed by atoms with Gasteiger partial charge in [0.1, 0.15) is 0 Å². The molecule has 2 rings (SSSR count). The number of sulfonamides is 1. The molecule has 122 valence electrons. The zero-order chi connectivity index (χ0) is 16.0. The monoisotopic (exact) mass is 329 g/mol. The number of nitro benzene ring substituents is 1. The second kappa shape index (κ2) is 7.63. The maximum atomic E-state index is 12.2. The molecule has 1 aliphatic heterocycles. The van der Waals surface area contributed by atoms with Gasteiger partial charge in [0.05, 0.1) is 18.1 Å². The summed E-state index contributed by atoms with van der Waals surface area (Å²) in [6.45, 7) is 4.09. The van der Waals surface area contributed by atoms with Crippen molar-refractivity contribution in [1.29, 1.82) is 0 Å². The largest absolute Gasteiger partial charge is 0.379 e. The first-order chi connectivity index (χ1) is 10.5. The molecule has 0 aliphatic carbocycles. The molecule has 1 fully saturated rings. The van der Waals surface area contributed by atoms with Gasteiger partial charge in [-0.05, 0) is 19.0 Å². The number of rotatable bonds is 7. The van der Waals surface area contributed by atoms with Crippen molar-refractivity contribution in [2.75, 3.05) is 39.4 Å². The summed E-state index contributed by atoms with van der Waals surface area (Å²) in [4.78, 5) is 12.1. The molecule has 9 heteroatoms. The third-order valence-corrected chi connectivity index (χ3v) is 4.91. The van der Waals surface area contributed by atoms with Crippen LogP contribution in [0, 0.1) is 10.1 Å². The Kier molecular flexibility index (Phi) is 5.83. The van der Waals surface area contributed by atoms with Gasteiger partial charge in [0.25, 0.3) is 5.69 Å². The van der Waals surface area contributed by atoms with Gasteiger partial charge in [-0.3, -0.25) is 15.0 Å². The Labute approximate surface area is 129 Å². The summed E-state index contributed by atoms with van der Waals surface area (Å²) in [6, 6.07) is 5.33. The highest BCUT2D eigenvalue weighted by molar-refractivity contribution is 7.89. The molecule has 0 saturated carbocycles. The van der Waals surface area contributed by atoms with Gasteiger partial charge < -0.3 is 4.74 Å². The van der Waals surface area contributed by atoms with Gasteiger partial charge in [0.15, 0.2) is 4.90 Å². The van der Waals surface area contributed by atoms with Crippen LogP contribution >= 0.6 is 0 Å². The number of nitro groups is 1. The van der Waals surface area contributed by atoms with Crippen LogP contribution in [-0.4, -0.2) is 57.6 Å². The fourth-order valence-electron chi connectivity index (χ4n) is 2.25. The van der Waals surface area contributed by atoms with Crippen LogP contribution in [0.4, 0.5) is 5.69 Å². The van der Waals surface area contributed by atoms with Crippen LogP contribution in [-0.2, 0) is 14.8 Å². The summed E-state index contributed by atoms with van der Waals surface area (Å²) in [6.07, 6.45) is 0.639. The van der Waals surface area contributed by atoms with E-state index in [0.29, 0.717) is 19.6 Å². The Hall–Kier alpha value is -1.55. The van der Waals surface area contributed by atoms with Crippen LogP contribution in [0.15, 0.2) is 29.2 Å². The minimum atomic E-state index is -3.87. The van der Waals surface area contributed by atoms with Crippen LogP contribution in [0.25, 0.3) is 0 Å². The summed E-state index contributed by atoms with van der Waals surface area (Å²) < 4.78 is 32.0. The molecular formula is C13H19N3O5S. The Balaban J connectivity index is 1.90. The fourth-order valence-corrected chi connectivity index (χ4v) is 3.49. The van der Waals surface area contributed by atoms with Crippen molar-refractivity contribution in [3.8, 4) is 0 Å². The van der Waals surface area contributed by atoms with E-state index in [4.69, 9.17) is 4.74 Å². The van der Waals surface area contributed by atoms with E-state index < -0.39 is 20.6 Å². The molecule has 1 saturated heterocycles. The van der Waals surface area contributed by atoms with E-state index in [1.165, 1.54) is 24.3 Å². The number of morpholine rings is 1. The number of nitrogens with one attached hydrogen (secondary N) is 1. The third kappa shape index (κ3) is 4.47. The minimum Gasteiger partial charge on any atom is -0.379 e. The molecule has 0 unspecified atom stereocenters. The van der Waals surface area contributed by atoms with Gasteiger partial charge in [-0.1, -0.05) is 12.1 Å². The molecule has 1 aliphatic rings. The van der Waals surface area contributed by atoms with E-state index in [0.717, 1.165) is 19.6 Å². The fraction of sp³-hybridized carbons (Fsp3) is 0.538. The molecule has 1 heterocycles. The van der Waals surface area contributed by atoms with E-state index in [1.54, 1.807) is 0 Å². The summed E-state index contributed by atoms with van der Waals surface area (Å²) in [7, 11) is -3.87. The Morgan fingerprint density at radius 3 is 2.64 bits per heavy atom. The van der Waals surface area contributed by atoms with Gasteiger partial charge >= 0.3 is 0 Å². The first-order valence-electron chi connectivity index (χ1n) is 7.04. The van der Waals surface area contributed by atoms with Crippen LogP contribution < -0.4 is 4.72 Å². The van der Waals surface area contributed by atoms with E-state index in [1.807, 2.05) is 0 Å². The highest BCUT2D eigenvalue weighted by atomic mass is 32.2. The smallest absolute Gasteiger partial charge is 0.289 e. The lowest BCUT2D eigenvalue weighted by Gasteiger charge is -2.26. The summed E-state index contributed by atoms with van der Waals surface area (Å²) in [5.74, 6) is 0. The van der Waals surface area contributed by atoms with E-state index >= 15 is 0 Å². The molecule has 1 aromatic rings. The number of ether oxygens (including phenoxy) is 1. The maximum Gasteiger partial charge on any atom is 0.289 e. The molecule has 0 bridgehead atoms. The van der Waals surface area contributed by atoms with Crippen LogP contribution in [0.5, 0.6) is 0 Å². The summed E-state index contributed by atoms with van der Waals surface area (Å²) >= 11 is 0. The van der Waals surface area contributed by atoms with E-state index in [2.05, 4.69) is 9.62 Å². The SMILES string of the molecule is O=[N+]([O-])c1ccccc1S(=O)(=O)NCCCN1CCOCC1. The average Bonchev–Trinajstić information content (AvgIpc) is 2.52. The number of para-hydroxylation sites is 1. The van der Waals surface area contributed by atoms with Crippen molar-refractivity contribution in [2.24, 2.45) is 0 Å². The number of hydrogen-bond donors (Lipinski definition) is 1. The Morgan fingerprint density at radius 1 is 1.27 bits per heavy atom. The number of hydrogen-bond acceptors (Lipinski definition) is 6. The van der Waals surface area contributed by atoms with Gasteiger partial charge in [-0.2, -0.15) is 0 Å². The molecule has 0 radical (unpaired) electrons. The van der Waals surface area contributed by atoms with Crippen molar-refractivity contribution in [3.63, 3.8) is 0 Å². The summed E-state index contributed by atoms with van der Waals surface area (Å²) in [5.41, 5.74) is -0.414. The zero-order valence-corrected chi connectivity index (χ0v) is 12.9. The van der Waals surface area contributed by atoms with Crippen LogP contribution in [0.2, 0.25) is 0 Å². The first-order valence-corrected chi connectivity index (χ1v) is 8.52. The molecule has 8 nitrogen and oxygen atoms in total. The van der Waals surface area contributed by atoms with Crippen molar-refractivity contribution in [1.82, 2.24) is 9.62 Å². The maximum absolute atomic E-state index is 12.2. The second-order valence-corrected chi connectivity index (χ2v) is 6.67. The Bertz CT molecular complexity index is 614. The second-order valence-electron chi connectivity index (χ2n) is 4.93. The lowest BCUT2D eigenvalue weighted by Crippen LogP contribution is -2.38. The zero-order valence-electron chi connectivity index (χ0n) is 12.1. The van der Waals surface area contributed by atoms with Crippen LogP contribution in [0.1, 0.15) is 6.42 Å². The highest BCUT2D eigenvalue weighted by Gasteiger charge is 2.24.